The molecule has 0 aliphatic heterocycles. The Kier molecular flexibility index (Phi) is 5.53. The van der Waals surface area contributed by atoms with Crippen LogP contribution in [0.5, 0.6) is 5.75 Å². The van der Waals surface area contributed by atoms with Gasteiger partial charge in [-0.05, 0) is 66.3 Å². The number of rotatable bonds is 5. The maximum atomic E-state index is 16.4. The number of carbonyl (C=O) groups excluding carboxylic acids is 1. The second kappa shape index (κ2) is 8.27. The summed E-state index contributed by atoms with van der Waals surface area (Å²) in [6, 6.07) is 22.1. The number of hydrogen-bond acceptors (Lipinski definition) is 2. The standard InChI is InChI=1S/C25H23F2NO2/c1-30-22-9-5-6-18(14-22)19-15-23(17-10-12-20(26)13-11-17)25(27,16-19)24(29)28-21-7-3-2-4-8-21/h2-14,19,23H,15-16H2,1H3,(H,28,29)/t19-,23+,25-/m1/s1. The van der Waals surface area contributed by atoms with Gasteiger partial charge in [-0.25, -0.2) is 8.78 Å². The molecule has 3 nitrogen and oxygen atoms in total. The number of carbonyl (C=O) groups is 1. The van der Waals surface area contributed by atoms with Gasteiger partial charge in [-0.3, -0.25) is 4.79 Å². The Balaban J connectivity index is 1.68. The fraction of sp³-hybridized carbons (Fsp3) is 0.240. The molecule has 1 saturated carbocycles. The Morgan fingerprint density at radius 1 is 1.00 bits per heavy atom. The third kappa shape index (κ3) is 3.92. The normalized spacial score (nSPS) is 23.2. The molecule has 0 heterocycles. The summed E-state index contributed by atoms with van der Waals surface area (Å²) >= 11 is 0. The van der Waals surface area contributed by atoms with Crippen molar-refractivity contribution in [3.63, 3.8) is 0 Å². The van der Waals surface area contributed by atoms with Gasteiger partial charge in [0.25, 0.3) is 5.91 Å². The lowest BCUT2D eigenvalue weighted by Gasteiger charge is -2.26. The predicted octanol–water partition coefficient (Wildman–Crippen LogP) is 5.84. The van der Waals surface area contributed by atoms with Crippen LogP contribution < -0.4 is 10.1 Å². The second-order valence-corrected chi connectivity index (χ2v) is 7.70. The Hall–Kier alpha value is -3.21. The van der Waals surface area contributed by atoms with Crippen LogP contribution in [0.3, 0.4) is 0 Å². The first kappa shape index (κ1) is 20.1. The Labute approximate surface area is 174 Å². The van der Waals surface area contributed by atoms with Crippen molar-refractivity contribution in [1.29, 1.82) is 0 Å². The van der Waals surface area contributed by atoms with Crippen LogP contribution in [-0.2, 0) is 4.79 Å². The van der Waals surface area contributed by atoms with Crippen molar-refractivity contribution in [2.24, 2.45) is 0 Å². The minimum atomic E-state index is -2.12. The van der Waals surface area contributed by atoms with Crippen molar-refractivity contribution in [3.8, 4) is 5.75 Å². The maximum absolute atomic E-state index is 16.4. The summed E-state index contributed by atoms with van der Waals surface area (Å²) in [5.74, 6) is -1.22. The Morgan fingerprint density at radius 3 is 2.43 bits per heavy atom. The van der Waals surface area contributed by atoms with Crippen LogP contribution in [-0.4, -0.2) is 18.7 Å². The van der Waals surface area contributed by atoms with Gasteiger partial charge in [-0.15, -0.1) is 0 Å². The van der Waals surface area contributed by atoms with Crippen LogP contribution in [0.25, 0.3) is 0 Å². The van der Waals surface area contributed by atoms with Gasteiger partial charge in [0.05, 0.1) is 7.11 Å². The summed E-state index contributed by atoms with van der Waals surface area (Å²) in [4.78, 5) is 13.1. The molecular formula is C25H23F2NO2. The quantitative estimate of drug-likeness (QED) is 0.577. The van der Waals surface area contributed by atoms with Crippen LogP contribution in [0.15, 0.2) is 78.9 Å². The first-order valence-electron chi connectivity index (χ1n) is 9.94. The summed E-state index contributed by atoms with van der Waals surface area (Å²) in [6.45, 7) is 0. The van der Waals surface area contributed by atoms with E-state index in [1.54, 1.807) is 43.5 Å². The van der Waals surface area contributed by atoms with Crippen molar-refractivity contribution >= 4 is 11.6 Å². The van der Waals surface area contributed by atoms with E-state index < -0.39 is 17.5 Å². The number of alkyl halides is 1. The number of para-hydroxylation sites is 1. The summed E-state index contributed by atoms with van der Waals surface area (Å²) in [7, 11) is 1.59. The van der Waals surface area contributed by atoms with E-state index >= 15 is 4.39 Å². The molecule has 1 fully saturated rings. The number of benzene rings is 3. The van der Waals surface area contributed by atoms with E-state index in [1.165, 1.54) is 12.1 Å². The van der Waals surface area contributed by atoms with Gasteiger partial charge in [-0.1, -0.05) is 42.5 Å². The van der Waals surface area contributed by atoms with Crippen molar-refractivity contribution in [3.05, 3.63) is 95.8 Å². The lowest BCUT2D eigenvalue weighted by atomic mass is 9.85. The fourth-order valence-electron chi connectivity index (χ4n) is 4.31. The highest BCUT2D eigenvalue weighted by molar-refractivity contribution is 5.98. The summed E-state index contributed by atoms with van der Waals surface area (Å²) in [5, 5.41) is 2.72. The van der Waals surface area contributed by atoms with Crippen molar-refractivity contribution < 1.29 is 18.3 Å². The number of hydrogen-bond donors (Lipinski definition) is 1. The molecule has 3 aromatic carbocycles. The van der Waals surface area contributed by atoms with Gasteiger partial charge < -0.3 is 10.1 Å². The average molecular weight is 407 g/mol. The van der Waals surface area contributed by atoms with E-state index in [9.17, 15) is 9.18 Å². The van der Waals surface area contributed by atoms with Crippen LogP contribution in [0.1, 0.15) is 35.8 Å². The molecule has 30 heavy (non-hydrogen) atoms. The largest absolute Gasteiger partial charge is 0.497 e. The highest BCUT2D eigenvalue weighted by atomic mass is 19.1. The molecule has 1 aliphatic rings. The molecule has 1 amide bonds. The smallest absolute Gasteiger partial charge is 0.262 e. The highest BCUT2D eigenvalue weighted by Crippen LogP contribution is 2.53. The first-order chi connectivity index (χ1) is 14.5. The van der Waals surface area contributed by atoms with E-state index in [2.05, 4.69) is 5.32 Å². The summed E-state index contributed by atoms with van der Waals surface area (Å²) in [6.07, 6.45) is 0.485. The molecule has 0 unspecified atom stereocenters. The number of amides is 1. The zero-order chi connectivity index (χ0) is 21.1. The van der Waals surface area contributed by atoms with E-state index in [0.717, 1.165) is 5.56 Å². The van der Waals surface area contributed by atoms with Gasteiger partial charge >= 0.3 is 0 Å². The molecule has 5 heteroatoms. The number of halogens is 2. The molecule has 3 atom stereocenters. The highest BCUT2D eigenvalue weighted by Gasteiger charge is 2.54. The van der Waals surface area contributed by atoms with Gasteiger partial charge in [0.15, 0.2) is 5.67 Å². The monoisotopic (exact) mass is 407 g/mol. The van der Waals surface area contributed by atoms with Crippen molar-refractivity contribution in [1.82, 2.24) is 0 Å². The zero-order valence-electron chi connectivity index (χ0n) is 16.6. The first-order valence-corrected chi connectivity index (χ1v) is 9.94. The molecule has 1 aliphatic carbocycles. The molecule has 0 spiro atoms. The van der Waals surface area contributed by atoms with Gasteiger partial charge in [0, 0.05) is 11.6 Å². The number of ether oxygens (including phenoxy) is 1. The summed E-state index contributed by atoms with van der Waals surface area (Å²) < 4.78 is 35.2. The molecule has 154 valence electrons. The Bertz CT molecular complexity index is 1020. The van der Waals surface area contributed by atoms with Crippen molar-refractivity contribution in [2.45, 2.75) is 30.3 Å². The molecule has 1 N–H and O–H groups in total. The van der Waals surface area contributed by atoms with E-state index in [4.69, 9.17) is 4.74 Å². The summed E-state index contributed by atoms with van der Waals surface area (Å²) in [5.41, 5.74) is -0.0373. The van der Waals surface area contributed by atoms with E-state index in [1.807, 2.05) is 30.3 Å². The van der Waals surface area contributed by atoms with Crippen molar-refractivity contribution in [2.75, 3.05) is 12.4 Å². The minimum absolute atomic E-state index is 0.0425. The van der Waals surface area contributed by atoms with Crippen LogP contribution >= 0.6 is 0 Å². The molecule has 0 aromatic heterocycles. The number of anilines is 1. The lowest BCUT2D eigenvalue weighted by molar-refractivity contribution is -0.128. The molecule has 0 bridgehead atoms. The lowest BCUT2D eigenvalue weighted by Crippen LogP contribution is -2.41. The molecule has 4 rings (SSSR count). The average Bonchev–Trinajstić information content (AvgIpc) is 3.14. The van der Waals surface area contributed by atoms with Gasteiger partial charge in [-0.2, -0.15) is 0 Å². The molecule has 3 aromatic rings. The van der Waals surface area contributed by atoms with Crippen LogP contribution in [0.4, 0.5) is 14.5 Å². The Morgan fingerprint density at radius 2 is 1.73 bits per heavy atom. The maximum Gasteiger partial charge on any atom is 0.262 e. The topological polar surface area (TPSA) is 38.3 Å². The third-order valence-electron chi connectivity index (χ3n) is 5.86. The van der Waals surface area contributed by atoms with Gasteiger partial charge in [0.2, 0.25) is 0 Å². The SMILES string of the molecule is COc1cccc([C@@H]2C[C@@H](c3ccc(F)cc3)[C@@](F)(C(=O)Nc3ccccc3)C2)c1. The molecular weight excluding hydrogens is 384 g/mol. The molecule has 0 radical (unpaired) electrons. The van der Waals surface area contributed by atoms with E-state index in [0.29, 0.717) is 23.4 Å². The zero-order valence-corrected chi connectivity index (χ0v) is 16.6. The number of methoxy groups -OCH3 is 1. The van der Waals surface area contributed by atoms with Crippen LogP contribution in [0, 0.1) is 5.82 Å². The van der Waals surface area contributed by atoms with Crippen LogP contribution in [0.2, 0.25) is 0 Å². The predicted molar refractivity (Wildman–Crippen MR) is 113 cm³/mol. The van der Waals surface area contributed by atoms with Gasteiger partial charge in [0.1, 0.15) is 11.6 Å². The molecule has 0 saturated heterocycles. The fourth-order valence-corrected chi connectivity index (χ4v) is 4.31. The second-order valence-electron chi connectivity index (χ2n) is 7.70. The minimum Gasteiger partial charge on any atom is -0.497 e. The number of nitrogens with one attached hydrogen (secondary N) is 1. The van der Waals surface area contributed by atoms with E-state index in [-0.39, 0.29) is 18.2 Å². The third-order valence-corrected chi connectivity index (χ3v) is 5.86.